The number of benzene rings is 2. The van der Waals surface area contributed by atoms with Gasteiger partial charge in [-0.2, -0.15) is 16.8 Å². The fraction of sp³-hybridized carbons (Fsp3) is 0.500. The zero-order chi connectivity index (χ0) is 41.5. The summed E-state index contributed by atoms with van der Waals surface area (Å²) in [6.45, 7) is 1.20. The maximum atomic E-state index is 12.6. The van der Waals surface area contributed by atoms with Crippen LogP contribution in [0.1, 0.15) is 72.1 Å². The van der Waals surface area contributed by atoms with Gasteiger partial charge in [0.15, 0.2) is 0 Å². The van der Waals surface area contributed by atoms with Gasteiger partial charge in [-0.05, 0) is 37.8 Å². The molecule has 2 aromatic carbocycles. The van der Waals surface area contributed by atoms with Gasteiger partial charge >= 0.3 is 11.9 Å². The second-order valence-electron chi connectivity index (χ2n) is 16.2. The Labute approximate surface area is 336 Å². The first kappa shape index (κ1) is 41.7. The molecule has 12 rings (SSSR count). The number of carbonyl (C=O) groups excluding carboxylic acids is 4. The lowest BCUT2D eigenvalue weighted by Gasteiger charge is -2.54. The number of ketones is 2. The van der Waals surface area contributed by atoms with E-state index < -0.39 is 20.2 Å². The third-order valence-corrected chi connectivity index (χ3v) is 12.0. The van der Waals surface area contributed by atoms with E-state index in [1.807, 2.05) is 48.5 Å². The normalized spacial score (nSPS) is 30.6. The lowest BCUT2D eigenvalue weighted by atomic mass is 9.72. The molecule has 4 N–H and O–H groups in total. The Kier molecular flexibility index (Phi) is 12.0. The third-order valence-electron chi connectivity index (χ3n) is 12.0. The van der Waals surface area contributed by atoms with E-state index >= 15 is 0 Å². The number of nitrogens with one attached hydrogen (secondary N) is 2. The highest BCUT2D eigenvalue weighted by molar-refractivity contribution is 7.85. The minimum atomic E-state index is -3.67. The van der Waals surface area contributed by atoms with Crippen LogP contribution in [0.4, 0.5) is 0 Å². The van der Waals surface area contributed by atoms with Gasteiger partial charge in [-0.3, -0.25) is 28.5 Å². The number of hydrogen-bond donors (Lipinski definition) is 4. The van der Waals surface area contributed by atoms with Crippen LogP contribution in [-0.4, -0.2) is 131 Å². The van der Waals surface area contributed by atoms with Crippen LogP contribution in [-0.2, 0) is 39.3 Å². The lowest BCUT2D eigenvalue weighted by Crippen LogP contribution is -2.63. The molecule has 18 heteroatoms. The zero-order valence-corrected chi connectivity index (χ0v) is 33.8. The van der Waals surface area contributed by atoms with Gasteiger partial charge in [-0.1, -0.05) is 36.4 Å². The number of esters is 2. The minimum Gasteiger partial charge on any atom is -0.459 e. The standard InChI is InChI=1S/2C19H20N2O3.2CH4O3S/c2*22-18-10-21-12-5-11(18)6-13(21)8-14(7-12)24-19(23)16-9-20-17-4-2-1-3-15(16)17;2*1-5(2,3)4/h2*1-4,9,11-14,20H,5-8,10H2;2*1H3,(H,2,3,4)/t2*11-,12+,13-,14-;;. The second kappa shape index (κ2) is 16.7. The molecule has 8 aliphatic rings. The van der Waals surface area contributed by atoms with E-state index in [0.29, 0.717) is 72.5 Å². The Morgan fingerprint density at radius 2 is 0.897 bits per heavy atom. The van der Waals surface area contributed by atoms with Crippen LogP contribution in [0.2, 0.25) is 0 Å². The van der Waals surface area contributed by atoms with Crippen molar-refractivity contribution in [2.24, 2.45) is 11.8 Å². The smallest absolute Gasteiger partial charge is 0.340 e. The molecular formula is C40H48N4O12S2. The Morgan fingerprint density at radius 1 is 0.586 bits per heavy atom. The van der Waals surface area contributed by atoms with Gasteiger partial charge < -0.3 is 19.4 Å². The topological polar surface area (TPSA) is 234 Å². The highest BCUT2D eigenvalue weighted by Gasteiger charge is 2.50. The van der Waals surface area contributed by atoms with Crippen molar-refractivity contribution >= 4 is 65.5 Å². The fourth-order valence-electron chi connectivity index (χ4n) is 9.74. The van der Waals surface area contributed by atoms with Crippen LogP contribution >= 0.6 is 0 Å². The average Bonchev–Trinajstić information content (AvgIpc) is 3.76. The van der Waals surface area contributed by atoms with E-state index in [1.54, 1.807) is 12.4 Å². The largest absolute Gasteiger partial charge is 0.459 e. The first-order valence-corrected chi connectivity index (χ1v) is 23.0. The van der Waals surface area contributed by atoms with Crippen molar-refractivity contribution in [1.82, 2.24) is 19.8 Å². The van der Waals surface area contributed by atoms with Crippen LogP contribution in [0.5, 0.6) is 0 Å². The highest BCUT2D eigenvalue weighted by Crippen LogP contribution is 2.43. The molecule has 58 heavy (non-hydrogen) atoms. The average molecular weight is 841 g/mol. The molecule has 8 saturated heterocycles. The summed E-state index contributed by atoms with van der Waals surface area (Å²) in [7, 11) is -7.33. The Hall–Kier alpha value is -4.46. The van der Waals surface area contributed by atoms with E-state index in [1.165, 1.54) is 0 Å². The summed E-state index contributed by atoms with van der Waals surface area (Å²) in [6, 6.07) is 17.2. The molecule has 8 fully saturated rings. The molecule has 8 bridgehead atoms. The summed E-state index contributed by atoms with van der Waals surface area (Å²) in [4.78, 5) is 60.0. The van der Waals surface area contributed by atoms with Crippen molar-refractivity contribution in [2.75, 3.05) is 25.6 Å². The number of ether oxygens (including phenoxy) is 2. The molecule has 0 radical (unpaired) electrons. The number of fused-ring (bicyclic) bond motifs is 4. The summed E-state index contributed by atoms with van der Waals surface area (Å²) in [5.41, 5.74) is 3.12. The summed E-state index contributed by atoms with van der Waals surface area (Å²) < 4.78 is 63.4. The van der Waals surface area contributed by atoms with E-state index in [-0.39, 0.29) is 36.0 Å². The van der Waals surface area contributed by atoms with Gasteiger partial charge in [-0.15, -0.1) is 0 Å². The van der Waals surface area contributed by atoms with E-state index in [0.717, 1.165) is 73.2 Å². The monoisotopic (exact) mass is 840 g/mol. The Morgan fingerprint density at radius 3 is 1.21 bits per heavy atom. The number of aromatic amines is 2. The van der Waals surface area contributed by atoms with Gasteiger partial charge in [0.25, 0.3) is 20.2 Å². The van der Waals surface area contributed by atoms with Crippen LogP contribution in [0, 0.1) is 11.8 Å². The number of carbonyl (C=O) groups is 4. The Balaban J connectivity index is 0.000000144. The molecule has 10 atom stereocenters. The van der Waals surface area contributed by atoms with E-state index in [4.69, 9.17) is 18.6 Å². The van der Waals surface area contributed by atoms with Crippen molar-refractivity contribution in [3.8, 4) is 0 Å². The van der Waals surface area contributed by atoms with E-state index in [9.17, 15) is 36.0 Å². The summed E-state index contributed by atoms with van der Waals surface area (Å²) in [5, 5.41) is 1.82. The molecule has 0 amide bonds. The van der Waals surface area contributed by atoms with Crippen molar-refractivity contribution in [3.63, 3.8) is 0 Å². The molecule has 8 aliphatic heterocycles. The van der Waals surface area contributed by atoms with Crippen LogP contribution in [0.15, 0.2) is 60.9 Å². The van der Waals surface area contributed by atoms with Crippen molar-refractivity contribution in [1.29, 1.82) is 0 Å². The van der Waals surface area contributed by atoms with Crippen molar-refractivity contribution in [2.45, 2.75) is 87.7 Å². The summed E-state index contributed by atoms with van der Waals surface area (Å²) in [6.07, 6.45) is 12.0. The zero-order valence-electron chi connectivity index (χ0n) is 32.2. The number of aromatic nitrogens is 2. The molecule has 4 aromatic rings. The van der Waals surface area contributed by atoms with Crippen LogP contribution in [0.25, 0.3) is 21.8 Å². The van der Waals surface area contributed by atoms with Crippen LogP contribution in [0.3, 0.4) is 0 Å². The van der Waals surface area contributed by atoms with Gasteiger partial charge in [-0.25, -0.2) is 9.59 Å². The maximum absolute atomic E-state index is 12.6. The quantitative estimate of drug-likeness (QED) is 0.168. The predicted octanol–water partition coefficient (Wildman–Crippen LogP) is 4.05. The molecule has 2 aromatic heterocycles. The number of nitrogens with zero attached hydrogens (tertiary/aromatic N) is 2. The first-order chi connectivity index (χ1) is 27.4. The predicted molar refractivity (Wildman–Crippen MR) is 212 cm³/mol. The lowest BCUT2D eigenvalue weighted by molar-refractivity contribution is -0.145. The fourth-order valence-corrected chi connectivity index (χ4v) is 9.74. The maximum Gasteiger partial charge on any atom is 0.340 e. The molecule has 0 aliphatic carbocycles. The number of Topliss-reactive ketones (excluding diaryl/α,β-unsaturated/α-hetero) is 2. The molecule has 10 heterocycles. The van der Waals surface area contributed by atoms with Crippen LogP contribution < -0.4 is 0 Å². The van der Waals surface area contributed by atoms with Gasteiger partial charge in [0.1, 0.15) is 23.8 Å². The highest BCUT2D eigenvalue weighted by atomic mass is 32.2. The number of piperidine rings is 8. The number of rotatable bonds is 4. The number of H-pyrrole nitrogens is 2. The van der Waals surface area contributed by atoms with Gasteiger partial charge in [0, 0.05) is 95.9 Å². The molecule has 2 unspecified atom stereocenters. The van der Waals surface area contributed by atoms with Crippen molar-refractivity contribution < 1.29 is 54.6 Å². The number of hydrogen-bond acceptors (Lipinski definition) is 12. The molecule has 312 valence electrons. The Bertz CT molecular complexity index is 2210. The molecule has 16 nitrogen and oxygen atoms in total. The van der Waals surface area contributed by atoms with Gasteiger partial charge in [0.05, 0.1) is 36.7 Å². The first-order valence-electron chi connectivity index (χ1n) is 19.3. The third kappa shape index (κ3) is 9.86. The number of para-hydroxylation sites is 2. The second-order valence-corrected chi connectivity index (χ2v) is 19.1. The van der Waals surface area contributed by atoms with Crippen molar-refractivity contribution in [3.05, 3.63) is 72.1 Å². The summed E-state index contributed by atoms with van der Waals surface area (Å²) in [5.74, 6) is 0.807. The molecule has 0 saturated carbocycles. The minimum absolute atomic E-state index is 0.0356. The van der Waals surface area contributed by atoms with E-state index in [2.05, 4.69) is 19.8 Å². The molecule has 0 spiro atoms. The SMILES string of the molecule is CS(=O)(=O)O.CS(=O)(=O)O.O=C(O[C@@H]1C[C@@H]2C[C@@H]3C[C@H](C1)N2CC3=O)c1c[nH]c2ccccc12.O=C(O[C@@H]1C[C@@H]2C[C@@H]3C[C@H](C1)N2CC3=O)c1c[nH]c2ccccc12. The summed E-state index contributed by atoms with van der Waals surface area (Å²) >= 11 is 0. The van der Waals surface area contributed by atoms with Gasteiger partial charge in [0.2, 0.25) is 0 Å². The molecular weight excluding hydrogens is 793 g/mol.